The molecule has 1 aliphatic heterocycles. The van der Waals surface area contributed by atoms with Gasteiger partial charge < -0.3 is 9.73 Å². The molecular weight excluding hydrogens is 350 g/mol. The molecule has 0 radical (unpaired) electrons. The van der Waals surface area contributed by atoms with Gasteiger partial charge in [0.25, 0.3) is 6.01 Å². The van der Waals surface area contributed by atoms with Gasteiger partial charge >= 0.3 is 0 Å². The van der Waals surface area contributed by atoms with E-state index in [1.807, 2.05) is 78.9 Å². The fraction of sp³-hybridized carbons (Fsp3) is 0.0870. The molecule has 3 aromatic carbocycles. The Morgan fingerprint density at radius 2 is 1.64 bits per heavy atom. The minimum Gasteiger partial charge on any atom is -0.424 e. The van der Waals surface area contributed by atoms with Gasteiger partial charge in [-0.15, -0.1) is 0 Å². The third-order valence-electron chi connectivity index (χ3n) is 4.80. The number of rotatable bonds is 3. The molecule has 136 valence electrons. The number of carbonyl (C=O) groups is 1. The molecule has 1 N–H and O–H groups in total. The number of ketones is 1. The average Bonchev–Trinajstić information content (AvgIpc) is 3.08. The monoisotopic (exact) mass is 367 g/mol. The normalized spacial score (nSPS) is 16.4. The van der Waals surface area contributed by atoms with Crippen molar-refractivity contribution in [3.8, 4) is 0 Å². The molecule has 2 heterocycles. The molecule has 0 fully saturated rings. The number of para-hydroxylation sites is 2. The molecule has 0 aliphatic carbocycles. The van der Waals surface area contributed by atoms with Crippen molar-refractivity contribution >= 4 is 28.6 Å². The van der Waals surface area contributed by atoms with Crippen molar-refractivity contribution < 1.29 is 9.21 Å². The number of aromatic nitrogens is 1. The van der Waals surface area contributed by atoms with E-state index in [0.29, 0.717) is 18.0 Å². The second-order valence-corrected chi connectivity index (χ2v) is 6.68. The first-order valence-corrected chi connectivity index (χ1v) is 9.14. The van der Waals surface area contributed by atoms with Crippen LogP contribution in [0.1, 0.15) is 16.7 Å². The number of Topliss-reactive ketones (excluding diaryl/α,β-unsaturated/α-hetero) is 1. The van der Waals surface area contributed by atoms with Gasteiger partial charge in [0.15, 0.2) is 17.5 Å². The first-order valence-electron chi connectivity index (χ1n) is 9.14. The van der Waals surface area contributed by atoms with Crippen LogP contribution in [0.25, 0.3) is 11.1 Å². The number of carbonyl (C=O) groups excluding carboxylic acids is 1. The van der Waals surface area contributed by atoms with E-state index in [0.717, 1.165) is 27.9 Å². The Balaban J connectivity index is 1.58. The molecular formula is C23H17N3O2. The van der Waals surface area contributed by atoms with E-state index in [2.05, 4.69) is 10.3 Å². The molecule has 1 atom stereocenters. The first kappa shape index (κ1) is 16.4. The number of nitrogens with zero attached hydrogens (tertiary/aromatic N) is 2. The van der Waals surface area contributed by atoms with Crippen molar-refractivity contribution in [2.75, 3.05) is 5.32 Å². The van der Waals surface area contributed by atoms with Gasteiger partial charge in [0.2, 0.25) is 0 Å². The summed E-state index contributed by atoms with van der Waals surface area (Å²) >= 11 is 0. The lowest BCUT2D eigenvalue weighted by Crippen LogP contribution is -2.29. The Morgan fingerprint density at radius 3 is 2.50 bits per heavy atom. The molecule has 0 bridgehead atoms. The van der Waals surface area contributed by atoms with Crippen molar-refractivity contribution in [2.24, 2.45) is 4.99 Å². The summed E-state index contributed by atoms with van der Waals surface area (Å²) in [6, 6.07) is 25.6. The highest BCUT2D eigenvalue weighted by Gasteiger charge is 2.27. The van der Waals surface area contributed by atoms with E-state index >= 15 is 0 Å². The van der Waals surface area contributed by atoms with Gasteiger partial charge in [-0.2, -0.15) is 4.98 Å². The summed E-state index contributed by atoms with van der Waals surface area (Å²) in [5.74, 6) is -0.0272. The number of hydrogen-bond acceptors (Lipinski definition) is 5. The van der Waals surface area contributed by atoms with Crippen LogP contribution in [0.3, 0.4) is 0 Å². The lowest BCUT2D eigenvalue weighted by atomic mass is 9.96. The summed E-state index contributed by atoms with van der Waals surface area (Å²) in [7, 11) is 0. The predicted molar refractivity (Wildman–Crippen MR) is 109 cm³/mol. The highest BCUT2D eigenvalue weighted by Crippen LogP contribution is 2.24. The zero-order valence-electron chi connectivity index (χ0n) is 15.0. The molecule has 0 spiro atoms. The van der Waals surface area contributed by atoms with Crippen LogP contribution in [-0.4, -0.2) is 22.6 Å². The number of aliphatic imine (C=N–C) groups is 1. The molecule has 0 amide bonds. The Labute approximate surface area is 161 Å². The topological polar surface area (TPSA) is 67.5 Å². The molecule has 1 aliphatic rings. The summed E-state index contributed by atoms with van der Waals surface area (Å²) in [4.78, 5) is 22.1. The van der Waals surface area contributed by atoms with Gasteiger partial charge in [0.1, 0.15) is 5.52 Å². The number of benzene rings is 3. The quantitative estimate of drug-likeness (QED) is 0.588. The third kappa shape index (κ3) is 2.97. The second kappa shape index (κ2) is 6.78. The van der Waals surface area contributed by atoms with Crippen molar-refractivity contribution in [3.05, 3.63) is 95.6 Å². The fourth-order valence-electron chi connectivity index (χ4n) is 3.45. The smallest absolute Gasteiger partial charge is 0.297 e. The Kier molecular flexibility index (Phi) is 3.98. The molecule has 5 rings (SSSR count). The molecule has 1 unspecified atom stereocenters. The average molecular weight is 367 g/mol. The highest BCUT2D eigenvalue weighted by atomic mass is 16.4. The Bertz CT molecular complexity index is 1160. The fourth-order valence-corrected chi connectivity index (χ4v) is 3.45. The minimum absolute atomic E-state index is 0.0272. The van der Waals surface area contributed by atoms with Gasteiger partial charge in [-0.1, -0.05) is 66.7 Å². The minimum atomic E-state index is -0.768. The predicted octanol–water partition coefficient (Wildman–Crippen LogP) is 4.23. The lowest BCUT2D eigenvalue weighted by Gasteiger charge is -2.12. The summed E-state index contributed by atoms with van der Waals surface area (Å²) < 4.78 is 5.73. The SMILES string of the molecule is O=C1Cc2ccccc2C(c2ccccc2)=NC1Nc1nc2ccccc2o1. The van der Waals surface area contributed by atoms with Crippen LogP contribution >= 0.6 is 0 Å². The molecule has 4 aromatic rings. The lowest BCUT2D eigenvalue weighted by molar-refractivity contribution is -0.119. The van der Waals surface area contributed by atoms with E-state index in [9.17, 15) is 4.79 Å². The van der Waals surface area contributed by atoms with E-state index in [4.69, 9.17) is 9.41 Å². The maximum atomic E-state index is 12.9. The van der Waals surface area contributed by atoms with Gasteiger partial charge in [0.05, 0.1) is 5.71 Å². The van der Waals surface area contributed by atoms with E-state index in [-0.39, 0.29) is 5.78 Å². The Hall–Kier alpha value is -3.73. The molecule has 28 heavy (non-hydrogen) atoms. The van der Waals surface area contributed by atoms with Crippen LogP contribution in [0.2, 0.25) is 0 Å². The van der Waals surface area contributed by atoms with Gasteiger partial charge in [-0.05, 0) is 17.7 Å². The Morgan fingerprint density at radius 1 is 0.893 bits per heavy atom. The molecule has 0 saturated carbocycles. The van der Waals surface area contributed by atoms with Crippen LogP contribution in [0.4, 0.5) is 6.01 Å². The largest absolute Gasteiger partial charge is 0.424 e. The molecule has 0 saturated heterocycles. The van der Waals surface area contributed by atoms with Crippen molar-refractivity contribution in [1.82, 2.24) is 4.98 Å². The van der Waals surface area contributed by atoms with Crippen LogP contribution in [0, 0.1) is 0 Å². The standard InChI is InChI=1S/C23H17N3O2/c27-19-14-16-10-4-5-11-17(16)21(15-8-2-1-3-9-15)25-22(19)26-23-24-18-12-6-7-13-20(18)28-23/h1-13,22H,14H2,(H,24,26). The van der Waals surface area contributed by atoms with Crippen molar-refractivity contribution in [1.29, 1.82) is 0 Å². The maximum absolute atomic E-state index is 12.9. The number of fused-ring (bicyclic) bond motifs is 2. The van der Waals surface area contributed by atoms with Crippen LogP contribution < -0.4 is 5.32 Å². The summed E-state index contributed by atoms with van der Waals surface area (Å²) in [5.41, 5.74) is 5.11. The summed E-state index contributed by atoms with van der Waals surface area (Å²) in [5, 5.41) is 3.08. The van der Waals surface area contributed by atoms with Crippen molar-refractivity contribution in [2.45, 2.75) is 12.6 Å². The van der Waals surface area contributed by atoms with Crippen molar-refractivity contribution in [3.63, 3.8) is 0 Å². The van der Waals surface area contributed by atoms with E-state index < -0.39 is 6.17 Å². The zero-order valence-corrected chi connectivity index (χ0v) is 15.0. The molecule has 1 aromatic heterocycles. The number of nitrogens with one attached hydrogen (secondary N) is 1. The summed E-state index contributed by atoms with van der Waals surface area (Å²) in [6.07, 6.45) is -0.468. The maximum Gasteiger partial charge on any atom is 0.297 e. The van der Waals surface area contributed by atoms with Crippen LogP contribution in [-0.2, 0) is 11.2 Å². The molecule has 5 heteroatoms. The first-order chi connectivity index (χ1) is 13.8. The number of oxazole rings is 1. The van der Waals surface area contributed by atoms with Gasteiger partial charge in [0, 0.05) is 17.5 Å². The van der Waals surface area contributed by atoms with Crippen LogP contribution in [0.5, 0.6) is 0 Å². The van der Waals surface area contributed by atoms with E-state index in [1.165, 1.54) is 0 Å². The molecule has 5 nitrogen and oxygen atoms in total. The number of anilines is 1. The highest BCUT2D eigenvalue weighted by molar-refractivity contribution is 6.16. The number of hydrogen-bond donors (Lipinski definition) is 1. The van der Waals surface area contributed by atoms with Gasteiger partial charge in [-0.3, -0.25) is 9.79 Å². The van der Waals surface area contributed by atoms with Crippen LogP contribution in [0.15, 0.2) is 88.3 Å². The summed E-state index contributed by atoms with van der Waals surface area (Å²) in [6.45, 7) is 0. The second-order valence-electron chi connectivity index (χ2n) is 6.68. The van der Waals surface area contributed by atoms with Gasteiger partial charge in [-0.25, -0.2) is 0 Å². The van der Waals surface area contributed by atoms with E-state index in [1.54, 1.807) is 0 Å². The third-order valence-corrected chi connectivity index (χ3v) is 4.80. The zero-order chi connectivity index (χ0) is 18.9.